The van der Waals surface area contributed by atoms with Gasteiger partial charge in [0.05, 0.1) is 11.6 Å². The minimum atomic E-state index is -4.19. The number of hydrogen-bond donors (Lipinski definition) is 1. The number of rotatable bonds is 2. The molecular formula is C8H6ClFN2O2S. The summed E-state index contributed by atoms with van der Waals surface area (Å²) in [6.45, 7) is -0.215. The average Bonchev–Trinajstić information content (AvgIpc) is 2.14. The number of halogens is 2. The van der Waals surface area contributed by atoms with Gasteiger partial charge in [-0.15, -0.1) is 0 Å². The van der Waals surface area contributed by atoms with E-state index in [-0.39, 0.29) is 17.7 Å². The molecule has 0 radical (unpaired) electrons. The Morgan fingerprint density at radius 3 is 2.53 bits per heavy atom. The van der Waals surface area contributed by atoms with Crippen LogP contribution in [0.4, 0.5) is 4.39 Å². The molecule has 0 spiro atoms. The molecule has 0 bridgehead atoms. The Morgan fingerprint density at radius 1 is 1.53 bits per heavy atom. The molecule has 0 atom stereocenters. The van der Waals surface area contributed by atoms with Crippen LogP contribution in [0.15, 0.2) is 17.0 Å². The Morgan fingerprint density at radius 2 is 2.13 bits per heavy atom. The number of hydrogen-bond acceptors (Lipinski definition) is 4. The third kappa shape index (κ3) is 2.45. The van der Waals surface area contributed by atoms with E-state index in [0.29, 0.717) is 0 Å². The molecule has 80 valence electrons. The summed E-state index contributed by atoms with van der Waals surface area (Å²) in [6.07, 6.45) is 0. The smallest absolute Gasteiger partial charge is 0.264 e. The summed E-state index contributed by atoms with van der Waals surface area (Å²) in [5.74, 6) is -1.07. The van der Waals surface area contributed by atoms with Crippen molar-refractivity contribution in [2.45, 2.75) is 11.4 Å². The Balaban J connectivity index is 3.61. The summed E-state index contributed by atoms with van der Waals surface area (Å²) in [5, 5.41) is 8.54. The van der Waals surface area contributed by atoms with E-state index in [0.717, 1.165) is 6.07 Å². The maximum absolute atomic E-state index is 13.3. The van der Waals surface area contributed by atoms with Crippen molar-refractivity contribution >= 4 is 19.7 Å². The molecule has 1 aromatic carbocycles. The second-order valence-electron chi connectivity index (χ2n) is 2.70. The van der Waals surface area contributed by atoms with Crippen molar-refractivity contribution in [2.75, 3.05) is 0 Å². The molecule has 0 heterocycles. The summed E-state index contributed by atoms with van der Waals surface area (Å²) < 4.78 is 35.4. The molecule has 2 N–H and O–H groups in total. The zero-order valence-electron chi connectivity index (χ0n) is 7.37. The molecule has 7 heteroatoms. The summed E-state index contributed by atoms with van der Waals surface area (Å²) in [5.41, 5.74) is 5.23. The highest BCUT2D eigenvalue weighted by atomic mass is 35.7. The van der Waals surface area contributed by atoms with Crippen LogP contribution in [-0.4, -0.2) is 8.42 Å². The molecule has 1 aromatic rings. The van der Waals surface area contributed by atoms with Gasteiger partial charge in [-0.1, -0.05) is 0 Å². The lowest BCUT2D eigenvalue weighted by Gasteiger charge is -2.05. The second-order valence-corrected chi connectivity index (χ2v) is 5.20. The third-order valence-electron chi connectivity index (χ3n) is 1.71. The van der Waals surface area contributed by atoms with Crippen molar-refractivity contribution in [1.82, 2.24) is 0 Å². The van der Waals surface area contributed by atoms with E-state index >= 15 is 0 Å². The molecule has 0 amide bonds. The van der Waals surface area contributed by atoms with Gasteiger partial charge in [-0.3, -0.25) is 0 Å². The van der Waals surface area contributed by atoms with Crippen LogP contribution in [0.5, 0.6) is 0 Å². The zero-order valence-corrected chi connectivity index (χ0v) is 8.94. The van der Waals surface area contributed by atoms with Crippen LogP contribution in [-0.2, 0) is 15.6 Å². The highest BCUT2D eigenvalue weighted by Gasteiger charge is 2.21. The lowest BCUT2D eigenvalue weighted by Crippen LogP contribution is -2.07. The van der Waals surface area contributed by atoms with Crippen LogP contribution in [0.1, 0.15) is 11.1 Å². The maximum atomic E-state index is 13.3. The number of benzene rings is 1. The van der Waals surface area contributed by atoms with Crippen molar-refractivity contribution < 1.29 is 12.8 Å². The van der Waals surface area contributed by atoms with Crippen molar-refractivity contribution in [3.05, 3.63) is 29.1 Å². The largest absolute Gasteiger partial charge is 0.326 e. The van der Waals surface area contributed by atoms with Crippen molar-refractivity contribution in [3.63, 3.8) is 0 Å². The maximum Gasteiger partial charge on any atom is 0.264 e. The van der Waals surface area contributed by atoms with E-state index < -0.39 is 19.8 Å². The Bertz CT molecular complexity index is 536. The third-order valence-corrected chi connectivity index (χ3v) is 3.12. The van der Waals surface area contributed by atoms with Crippen LogP contribution in [0, 0.1) is 17.1 Å². The molecule has 0 aliphatic heterocycles. The van der Waals surface area contributed by atoms with Gasteiger partial charge in [-0.2, -0.15) is 5.26 Å². The highest BCUT2D eigenvalue weighted by molar-refractivity contribution is 8.13. The van der Waals surface area contributed by atoms with Gasteiger partial charge in [0.15, 0.2) is 0 Å². The highest BCUT2D eigenvalue weighted by Crippen LogP contribution is 2.24. The van der Waals surface area contributed by atoms with Gasteiger partial charge in [-0.25, -0.2) is 12.8 Å². The first kappa shape index (κ1) is 11.9. The summed E-state index contributed by atoms with van der Waals surface area (Å²) in [6, 6.07) is 3.68. The van der Waals surface area contributed by atoms with Crippen molar-refractivity contribution in [2.24, 2.45) is 5.73 Å². The second kappa shape index (κ2) is 4.14. The Hall–Kier alpha value is -1.16. The van der Waals surface area contributed by atoms with Crippen molar-refractivity contribution in [1.29, 1.82) is 5.26 Å². The zero-order chi connectivity index (χ0) is 11.6. The molecule has 15 heavy (non-hydrogen) atoms. The minimum absolute atomic E-state index is 0.00276. The van der Waals surface area contributed by atoms with E-state index in [4.69, 9.17) is 21.7 Å². The van der Waals surface area contributed by atoms with Gasteiger partial charge in [0.2, 0.25) is 0 Å². The molecule has 0 aliphatic carbocycles. The van der Waals surface area contributed by atoms with Crippen LogP contribution in [0.3, 0.4) is 0 Å². The minimum Gasteiger partial charge on any atom is -0.326 e. The van der Waals surface area contributed by atoms with Gasteiger partial charge in [-0.05, 0) is 17.7 Å². The molecule has 0 aromatic heterocycles. The van der Waals surface area contributed by atoms with Gasteiger partial charge >= 0.3 is 0 Å². The first-order chi connectivity index (χ1) is 6.90. The first-order valence-corrected chi connectivity index (χ1v) is 6.08. The predicted octanol–water partition coefficient (Wildman–Crippen LogP) is 1.08. The lowest BCUT2D eigenvalue weighted by molar-refractivity contribution is 0.570. The van der Waals surface area contributed by atoms with E-state index in [9.17, 15) is 12.8 Å². The van der Waals surface area contributed by atoms with E-state index in [1.54, 1.807) is 6.07 Å². The number of nitrogens with two attached hydrogens (primary N) is 1. The SMILES string of the molecule is N#Cc1cc(F)c(S(=O)(=O)Cl)c(CN)c1. The van der Waals surface area contributed by atoms with Crippen LogP contribution in [0.2, 0.25) is 0 Å². The van der Waals surface area contributed by atoms with Gasteiger partial charge in [0, 0.05) is 17.2 Å². The lowest BCUT2D eigenvalue weighted by atomic mass is 10.1. The van der Waals surface area contributed by atoms with Gasteiger partial charge < -0.3 is 5.73 Å². The van der Waals surface area contributed by atoms with E-state index in [1.807, 2.05) is 0 Å². The standard InChI is InChI=1S/C8H6ClFN2O2S/c9-15(13,14)8-6(4-12)1-5(3-11)2-7(8)10/h1-2H,4,12H2. The Kier molecular flexibility index (Phi) is 3.29. The fourth-order valence-electron chi connectivity index (χ4n) is 1.14. The summed E-state index contributed by atoms with van der Waals surface area (Å²) in [7, 11) is 0.844. The molecule has 0 fully saturated rings. The van der Waals surface area contributed by atoms with Gasteiger partial charge in [0.25, 0.3) is 9.05 Å². The quantitative estimate of drug-likeness (QED) is 0.794. The molecule has 1 rings (SSSR count). The Labute approximate surface area is 90.5 Å². The van der Waals surface area contributed by atoms with Crippen LogP contribution in [0.25, 0.3) is 0 Å². The number of nitrogens with zero attached hydrogens (tertiary/aromatic N) is 1. The normalized spacial score (nSPS) is 11.1. The molecule has 4 nitrogen and oxygen atoms in total. The average molecular weight is 249 g/mol. The fraction of sp³-hybridized carbons (Fsp3) is 0.125. The molecule has 0 aliphatic rings. The molecule has 0 unspecified atom stereocenters. The van der Waals surface area contributed by atoms with E-state index in [1.165, 1.54) is 6.07 Å². The fourth-order valence-corrected chi connectivity index (χ4v) is 2.41. The molecule has 0 saturated carbocycles. The molecule has 0 saturated heterocycles. The monoisotopic (exact) mass is 248 g/mol. The summed E-state index contributed by atoms with van der Waals surface area (Å²) in [4.78, 5) is -0.661. The van der Waals surface area contributed by atoms with E-state index in [2.05, 4.69) is 0 Å². The van der Waals surface area contributed by atoms with Gasteiger partial charge in [0.1, 0.15) is 10.7 Å². The first-order valence-electron chi connectivity index (χ1n) is 3.77. The number of nitriles is 1. The van der Waals surface area contributed by atoms with Crippen LogP contribution >= 0.6 is 10.7 Å². The predicted molar refractivity (Wildman–Crippen MR) is 52.0 cm³/mol. The topological polar surface area (TPSA) is 84.0 Å². The molecular weight excluding hydrogens is 243 g/mol. The summed E-state index contributed by atoms with van der Waals surface area (Å²) >= 11 is 0. The van der Waals surface area contributed by atoms with Crippen LogP contribution < -0.4 is 5.73 Å². The van der Waals surface area contributed by atoms with Crippen molar-refractivity contribution in [3.8, 4) is 6.07 Å².